The number of azo groups is 1. The number of carbonyl (C=O) groups excluding carboxylic acids is 4. The van der Waals surface area contributed by atoms with Crippen molar-refractivity contribution in [1.82, 2.24) is 0 Å². The van der Waals surface area contributed by atoms with Gasteiger partial charge in [-0.1, -0.05) is 42.0 Å². The molecule has 1 fully saturated rings. The number of aromatic hydroxyl groups is 1. The maximum Gasteiger partial charge on any atom is 0.238 e. The van der Waals surface area contributed by atoms with Crippen LogP contribution in [0.15, 0.2) is 130 Å². The van der Waals surface area contributed by atoms with Crippen molar-refractivity contribution < 1.29 is 24.3 Å². The molecule has 0 bridgehead atoms. The second-order valence-electron chi connectivity index (χ2n) is 13.6. The van der Waals surface area contributed by atoms with E-state index in [1.807, 2.05) is 73.6 Å². The lowest BCUT2D eigenvalue weighted by molar-refractivity contribution is -0.123. The third-order valence-corrected chi connectivity index (χ3v) is 10.6. The van der Waals surface area contributed by atoms with E-state index in [1.165, 1.54) is 11.0 Å². The molecule has 8 rings (SSSR count). The van der Waals surface area contributed by atoms with Crippen LogP contribution >= 0.6 is 0 Å². The number of phenols is 1. The normalized spacial score (nSPS) is 23.2. The van der Waals surface area contributed by atoms with Crippen LogP contribution in [-0.4, -0.2) is 42.6 Å². The number of rotatable bonds is 5. The van der Waals surface area contributed by atoms with Crippen molar-refractivity contribution in [1.29, 1.82) is 0 Å². The van der Waals surface area contributed by atoms with Gasteiger partial charge in [-0.25, -0.2) is 0 Å². The minimum atomic E-state index is -0.693. The summed E-state index contributed by atoms with van der Waals surface area (Å²) in [7, 11) is 3.93. The molecule has 4 aromatic rings. The van der Waals surface area contributed by atoms with Gasteiger partial charge in [0.05, 0.1) is 28.9 Å². The number of allylic oxidation sites excluding steroid dienone is 6. The van der Waals surface area contributed by atoms with Crippen molar-refractivity contribution in [3.63, 3.8) is 0 Å². The summed E-state index contributed by atoms with van der Waals surface area (Å²) >= 11 is 0. The number of nitrogens with zero attached hydrogens (tertiary/aromatic N) is 4. The maximum absolute atomic E-state index is 14.4. The Bertz CT molecular complexity index is 2260. The Morgan fingerprint density at radius 1 is 0.780 bits per heavy atom. The fourth-order valence-electron chi connectivity index (χ4n) is 8.13. The van der Waals surface area contributed by atoms with Crippen molar-refractivity contribution in [3.8, 4) is 5.75 Å². The molecule has 50 heavy (non-hydrogen) atoms. The molecule has 0 unspecified atom stereocenters. The van der Waals surface area contributed by atoms with Gasteiger partial charge in [0.2, 0.25) is 11.8 Å². The van der Waals surface area contributed by atoms with Crippen LogP contribution in [0, 0.1) is 17.8 Å². The molecule has 2 amide bonds. The van der Waals surface area contributed by atoms with E-state index in [1.54, 1.807) is 43.3 Å². The van der Waals surface area contributed by atoms with Crippen LogP contribution in [0.5, 0.6) is 5.75 Å². The summed E-state index contributed by atoms with van der Waals surface area (Å²) in [6.45, 7) is 1.65. The van der Waals surface area contributed by atoms with E-state index in [2.05, 4.69) is 10.2 Å². The fraction of sp³-hybridized carbons (Fsp3) is 0.220. The second kappa shape index (κ2) is 11.9. The first kappa shape index (κ1) is 31.3. The predicted molar refractivity (Wildman–Crippen MR) is 191 cm³/mol. The number of anilines is 2. The number of Topliss-reactive ketones (excluding diaryl/α,β-unsaturated/α-hetero) is 1. The Morgan fingerprint density at radius 2 is 1.44 bits per heavy atom. The Morgan fingerprint density at radius 3 is 2.12 bits per heavy atom. The Balaban J connectivity index is 1.13. The lowest BCUT2D eigenvalue weighted by Gasteiger charge is -2.42. The van der Waals surface area contributed by atoms with Gasteiger partial charge in [0, 0.05) is 47.8 Å². The first-order valence-corrected chi connectivity index (χ1v) is 16.7. The molecule has 9 heteroatoms. The predicted octanol–water partition coefficient (Wildman–Crippen LogP) is 7.66. The molecule has 4 aromatic carbocycles. The molecule has 1 saturated heterocycles. The topological polar surface area (TPSA) is 120 Å². The number of hydrogen-bond acceptors (Lipinski definition) is 8. The lowest BCUT2D eigenvalue weighted by atomic mass is 9.59. The molecule has 0 saturated carbocycles. The van der Waals surface area contributed by atoms with Gasteiger partial charge >= 0.3 is 0 Å². The minimum absolute atomic E-state index is 0.115. The highest BCUT2D eigenvalue weighted by Gasteiger charge is 2.56. The summed E-state index contributed by atoms with van der Waals surface area (Å²) in [6, 6.07) is 25.4. The van der Waals surface area contributed by atoms with E-state index in [4.69, 9.17) is 0 Å². The van der Waals surface area contributed by atoms with Gasteiger partial charge in [-0.2, -0.15) is 10.2 Å². The maximum atomic E-state index is 14.4. The van der Waals surface area contributed by atoms with Crippen LogP contribution < -0.4 is 9.80 Å². The quantitative estimate of drug-likeness (QED) is 0.101. The molecule has 4 aliphatic rings. The van der Waals surface area contributed by atoms with Crippen LogP contribution in [0.25, 0.3) is 10.8 Å². The van der Waals surface area contributed by atoms with Gasteiger partial charge in [-0.3, -0.25) is 24.1 Å². The number of fused-ring (bicyclic) bond motifs is 4. The third kappa shape index (κ3) is 4.91. The summed E-state index contributed by atoms with van der Waals surface area (Å²) in [4.78, 5) is 59.0. The van der Waals surface area contributed by atoms with E-state index >= 15 is 0 Å². The highest BCUT2D eigenvalue weighted by Crippen LogP contribution is 2.56. The Hall–Kier alpha value is -5.96. The molecule has 0 spiro atoms. The van der Waals surface area contributed by atoms with Gasteiger partial charge in [0.25, 0.3) is 0 Å². The molecule has 0 radical (unpaired) electrons. The zero-order valence-corrected chi connectivity index (χ0v) is 27.8. The molecule has 9 nitrogen and oxygen atoms in total. The summed E-state index contributed by atoms with van der Waals surface area (Å²) in [5.74, 6) is -3.25. The highest BCUT2D eigenvalue weighted by molar-refractivity contribution is 6.25. The van der Waals surface area contributed by atoms with Crippen molar-refractivity contribution in [2.75, 3.05) is 23.9 Å². The van der Waals surface area contributed by atoms with E-state index in [0.29, 0.717) is 45.6 Å². The fourth-order valence-corrected chi connectivity index (χ4v) is 8.13. The van der Waals surface area contributed by atoms with Crippen LogP contribution in [0.2, 0.25) is 0 Å². The molecular weight excluding hydrogens is 628 g/mol. The molecule has 0 aromatic heterocycles. The number of imide groups is 1. The van der Waals surface area contributed by atoms with E-state index in [9.17, 15) is 24.3 Å². The van der Waals surface area contributed by atoms with Crippen molar-refractivity contribution >= 4 is 56.9 Å². The zero-order valence-electron chi connectivity index (χ0n) is 27.8. The third-order valence-electron chi connectivity index (χ3n) is 10.6. The van der Waals surface area contributed by atoms with Crippen LogP contribution in [0.1, 0.15) is 31.2 Å². The largest absolute Gasteiger partial charge is 0.507 e. The van der Waals surface area contributed by atoms with E-state index in [-0.39, 0.29) is 35.6 Å². The number of benzene rings is 4. The molecule has 4 atom stereocenters. The first-order valence-electron chi connectivity index (χ1n) is 16.7. The monoisotopic (exact) mass is 662 g/mol. The van der Waals surface area contributed by atoms with Gasteiger partial charge in [0.15, 0.2) is 11.6 Å². The van der Waals surface area contributed by atoms with Crippen LogP contribution in [0.3, 0.4) is 0 Å². The Kier molecular flexibility index (Phi) is 7.44. The molecule has 1 aliphatic heterocycles. The molecule has 1 heterocycles. The molecular formula is C41H34N4O5. The lowest BCUT2D eigenvalue weighted by Crippen LogP contribution is -2.39. The molecule has 3 aliphatic carbocycles. The van der Waals surface area contributed by atoms with Crippen LogP contribution in [0.4, 0.5) is 22.7 Å². The van der Waals surface area contributed by atoms with Crippen molar-refractivity contribution in [2.45, 2.75) is 25.7 Å². The van der Waals surface area contributed by atoms with Crippen molar-refractivity contribution in [3.05, 3.63) is 125 Å². The number of carbonyl (C=O) groups is 4. The van der Waals surface area contributed by atoms with Crippen molar-refractivity contribution in [2.24, 2.45) is 28.0 Å². The first-order chi connectivity index (χ1) is 24.1. The number of phenolic OH excluding ortho intramolecular Hbond substituents is 1. The summed E-state index contributed by atoms with van der Waals surface area (Å²) < 4.78 is 0. The van der Waals surface area contributed by atoms with Gasteiger partial charge in [0.1, 0.15) is 5.75 Å². The smallest absolute Gasteiger partial charge is 0.238 e. The summed E-state index contributed by atoms with van der Waals surface area (Å²) in [6.07, 6.45) is 3.93. The van der Waals surface area contributed by atoms with E-state index < -0.39 is 23.7 Å². The van der Waals surface area contributed by atoms with Gasteiger partial charge < -0.3 is 10.0 Å². The van der Waals surface area contributed by atoms with Gasteiger partial charge in [-0.05, 0) is 97.3 Å². The number of amides is 2. The molecule has 1 N–H and O–H groups in total. The summed E-state index contributed by atoms with van der Waals surface area (Å²) in [5.41, 5.74) is 5.63. The minimum Gasteiger partial charge on any atom is -0.507 e. The second-order valence-corrected chi connectivity index (χ2v) is 13.6. The standard InChI is InChI=1S/C41H34N4O5/c1-22-20-35(47)33-21-32-30(36(38(33)39(22)48)29-18-19-34(46)28-7-5-4-6-27(28)29)16-17-31-37(32)41(50)45(40(31)49)26-14-10-24(11-15-26)43-42-23-8-12-25(13-9-23)44(2)3/h4-16,18-20,31-32,36-37,46H,17,21H2,1-3H3/t31-,32+,36-,37-/m0/s1. The highest BCUT2D eigenvalue weighted by atomic mass is 16.3. The number of hydrogen-bond donors (Lipinski definition) is 1. The number of ketones is 2. The SMILES string of the molecule is CC1=CC(=O)C2=C(C1=O)[C@@H](c1ccc(O)c3ccccc13)C1=CC[C@@H]3C(=O)N(c4ccc(N=Nc5ccc(N(C)C)cc5)cc4)C(=O)[C@@H]3[C@@H]1C2. The average molecular weight is 663 g/mol. The summed E-state index contributed by atoms with van der Waals surface area (Å²) in [5, 5.41) is 20.7. The van der Waals surface area contributed by atoms with Gasteiger partial charge in [-0.15, -0.1) is 0 Å². The van der Waals surface area contributed by atoms with E-state index in [0.717, 1.165) is 22.2 Å². The average Bonchev–Trinajstić information content (AvgIpc) is 3.38. The Labute approximate surface area is 288 Å². The molecule has 248 valence electrons. The zero-order chi connectivity index (χ0) is 34.8. The van der Waals surface area contributed by atoms with Crippen LogP contribution in [-0.2, 0) is 19.2 Å².